The third-order valence-electron chi connectivity index (χ3n) is 5.17. The molecule has 1 N–H and O–H groups in total. The molecule has 2 amide bonds. The van der Waals surface area contributed by atoms with Crippen molar-refractivity contribution in [3.63, 3.8) is 0 Å². The summed E-state index contributed by atoms with van der Waals surface area (Å²) in [4.78, 5) is 17.0. The van der Waals surface area contributed by atoms with E-state index >= 15 is 0 Å². The molecular weight excluding hydrogens is 330 g/mol. The van der Waals surface area contributed by atoms with Gasteiger partial charge in [0.05, 0.1) is 13.2 Å². The van der Waals surface area contributed by atoms with Crippen LogP contribution < -0.4 is 10.1 Å². The number of likely N-dealkylation sites (tertiary alicyclic amines) is 1. The zero-order chi connectivity index (χ0) is 18.2. The van der Waals surface area contributed by atoms with Crippen LogP contribution in [0.1, 0.15) is 31.2 Å². The van der Waals surface area contributed by atoms with E-state index in [1.165, 1.54) is 19.3 Å². The Bertz CT molecular complexity index is 575. The number of hydrogen-bond donors (Lipinski definition) is 1. The number of hydrogen-bond acceptors (Lipinski definition) is 4. The highest BCUT2D eigenvalue weighted by Gasteiger charge is 2.25. The minimum absolute atomic E-state index is 0.0231. The standard InChI is InChI=1S/C20H31N3O3/c1-25-19-9-4-3-8-17(19)14-21-20(24)23-12-7-13-26-18(16-23)15-22-10-5-2-6-11-22/h3-4,8-9,18H,2,5-7,10-16H2,1H3,(H,21,24). The maximum Gasteiger partial charge on any atom is 0.317 e. The maximum atomic E-state index is 12.7. The third kappa shape index (κ3) is 5.35. The van der Waals surface area contributed by atoms with E-state index in [0.717, 1.165) is 50.5 Å². The summed E-state index contributed by atoms with van der Waals surface area (Å²) in [5, 5.41) is 3.03. The molecule has 1 aromatic carbocycles. The average molecular weight is 361 g/mol. The van der Waals surface area contributed by atoms with Crippen molar-refractivity contribution in [3.05, 3.63) is 29.8 Å². The summed E-state index contributed by atoms with van der Waals surface area (Å²) in [5.74, 6) is 0.801. The van der Waals surface area contributed by atoms with Gasteiger partial charge in [-0.15, -0.1) is 0 Å². The van der Waals surface area contributed by atoms with Crippen LogP contribution in [-0.4, -0.2) is 68.4 Å². The van der Waals surface area contributed by atoms with Crippen molar-refractivity contribution in [2.75, 3.05) is 46.4 Å². The van der Waals surface area contributed by atoms with Gasteiger partial charge in [0.25, 0.3) is 0 Å². The van der Waals surface area contributed by atoms with Gasteiger partial charge in [0.2, 0.25) is 0 Å². The molecular formula is C20H31N3O3. The van der Waals surface area contributed by atoms with Crippen LogP contribution in [0.15, 0.2) is 24.3 Å². The molecule has 0 spiro atoms. The van der Waals surface area contributed by atoms with Crippen LogP contribution in [0.3, 0.4) is 0 Å². The van der Waals surface area contributed by atoms with Crippen LogP contribution in [0.25, 0.3) is 0 Å². The number of ether oxygens (including phenoxy) is 2. The van der Waals surface area contributed by atoms with Gasteiger partial charge in [-0.25, -0.2) is 4.79 Å². The van der Waals surface area contributed by atoms with E-state index in [0.29, 0.717) is 13.1 Å². The molecule has 6 heteroatoms. The van der Waals surface area contributed by atoms with Gasteiger partial charge < -0.3 is 24.6 Å². The lowest BCUT2D eigenvalue weighted by Crippen LogP contribution is -2.46. The second-order valence-electron chi connectivity index (χ2n) is 7.12. The molecule has 2 aliphatic rings. The third-order valence-corrected chi connectivity index (χ3v) is 5.17. The van der Waals surface area contributed by atoms with Crippen molar-refractivity contribution in [2.45, 2.75) is 38.3 Å². The van der Waals surface area contributed by atoms with E-state index in [-0.39, 0.29) is 12.1 Å². The Kier molecular flexibility index (Phi) is 7.14. The summed E-state index contributed by atoms with van der Waals surface area (Å²) < 4.78 is 11.4. The first-order valence-corrected chi connectivity index (χ1v) is 9.75. The molecule has 0 saturated carbocycles. The Morgan fingerprint density at radius 3 is 2.81 bits per heavy atom. The molecule has 144 valence electrons. The number of amides is 2. The van der Waals surface area contributed by atoms with Crippen molar-refractivity contribution in [1.29, 1.82) is 0 Å². The SMILES string of the molecule is COc1ccccc1CNC(=O)N1CCCOC(CN2CCCCC2)C1. The summed E-state index contributed by atoms with van der Waals surface area (Å²) in [6.45, 7) is 5.84. The first-order chi connectivity index (χ1) is 12.8. The lowest BCUT2D eigenvalue weighted by Gasteiger charge is -2.31. The molecule has 3 rings (SSSR count). The fraction of sp³-hybridized carbons (Fsp3) is 0.650. The van der Waals surface area contributed by atoms with Gasteiger partial charge in [0.15, 0.2) is 0 Å². The van der Waals surface area contributed by atoms with E-state index in [2.05, 4.69) is 10.2 Å². The molecule has 2 aliphatic heterocycles. The highest BCUT2D eigenvalue weighted by molar-refractivity contribution is 5.74. The lowest BCUT2D eigenvalue weighted by molar-refractivity contribution is 0.0256. The Labute approximate surface area is 156 Å². The van der Waals surface area contributed by atoms with Crippen LogP contribution in [-0.2, 0) is 11.3 Å². The van der Waals surface area contributed by atoms with Crippen molar-refractivity contribution >= 4 is 6.03 Å². The quantitative estimate of drug-likeness (QED) is 0.875. The Morgan fingerprint density at radius 1 is 1.19 bits per heavy atom. The second kappa shape index (κ2) is 9.78. The van der Waals surface area contributed by atoms with Crippen molar-refractivity contribution in [1.82, 2.24) is 15.1 Å². The van der Waals surface area contributed by atoms with Crippen LogP contribution in [0.2, 0.25) is 0 Å². The van der Waals surface area contributed by atoms with E-state index in [1.54, 1.807) is 7.11 Å². The van der Waals surface area contributed by atoms with Crippen molar-refractivity contribution in [3.8, 4) is 5.75 Å². The van der Waals surface area contributed by atoms with Crippen molar-refractivity contribution < 1.29 is 14.3 Å². The molecule has 2 heterocycles. The second-order valence-corrected chi connectivity index (χ2v) is 7.12. The topological polar surface area (TPSA) is 54.0 Å². The first-order valence-electron chi connectivity index (χ1n) is 9.75. The summed E-state index contributed by atoms with van der Waals surface area (Å²) in [6, 6.07) is 7.75. The number of carbonyl (C=O) groups excluding carboxylic acids is 1. The minimum atomic E-state index is -0.0231. The monoisotopic (exact) mass is 361 g/mol. The minimum Gasteiger partial charge on any atom is -0.496 e. The van der Waals surface area contributed by atoms with Gasteiger partial charge in [-0.2, -0.15) is 0 Å². The summed E-state index contributed by atoms with van der Waals surface area (Å²) in [7, 11) is 1.65. The Hall–Kier alpha value is -1.79. The predicted molar refractivity (Wildman–Crippen MR) is 101 cm³/mol. The highest BCUT2D eigenvalue weighted by Crippen LogP contribution is 2.17. The van der Waals surface area contributed by atoms with Gasteiger partial charge >= 0.3 is 6.03 Å². The molecule has 1 atom stereocenters. The van der Waals surface area contributed by atoms with Gasteiger partial charge in [-0.1, -0.05) is 24.6 Å². The predicted octanol–water partition coefficient (Wildman–Crippen LogP) is 2.48. The number of piperidine rings is 1. The van der Waals surface area contributed by atoms with Gasteiger partial charge in [-0.3, -0.25) is 0 Å². The zero-order valence-electron chi connectivity index (χ0n) is 15.8. The fourth-order valence-electron chi connectivity index (χ4n) is 3.75. The molecule has 2 saturated heterocycles. The summed E-state index contributed by atoms with van der Waals surface area (Å²) in [5.41, 5.74) is 0.985. The number of carbonyl (C=O) groups is 1. The number of nitrogens with zero attached hydrogens (tertiary/aromatic N) is 2. The van der Waals surface area contributed by atoms with Crippen LogP contribution in [0, 0.1) is 0 Å². The normalized spacial score (nSPS) is 21.9. The molecule has 1 unspecified atom stereocenters. The van der Waals surface area contributed by atoms with E-state index in [9.17, 15) is 4.79 Å². The smallest absolute Gasteiger partial charge is 0.317 e. The number of nitrogens with one attached hydrogen (secondary N) is 1. The van der Waals surface area contributed by atoms with Crippen LogP contribution in [0.4, 0.5) is 4.79 Å². The number of para-hydroxylation sites is 1. The summed E-state index contributed by atoms with van der Waals surface area (Å²) in [6.07, 6.45) is 4.87. The molecule has 1 aromatic rings. The van der Waals surface area contributed by atoms with E-state index < -0.39 is 0 Å². The number of benzene rings is 1. The number of rotatable bonds is 5. The van der Waals surface area contributed by atoms with Crippen molar-refractivity contribution in [2.24, 2.45) is 0 Å². The van der Waals surface area contributed by atoms with Gasteiger partial charge in [0, 0.05) is 38.3 Å². The van der Waals surface area contributed by atoms with Gasteiger partial charge in [0.1, 0.15) is 5.75 Å². The fourth-order valence-corrected chi connectivity index (χ4v) is 3.75. The largest absolute Gasteiger partial charge is 0.496 e. The molecule has 0 radical (unpaired) electrons. The Balaban J connectivity index is 1.52. The highest BCUT2D eigenvalue weighted by atomic mass is 16.5. The van der Waals surface area contributed by atoms with E-state index in [1.807, 2.05) is 29.2 Å². The molecule has 0 aromatic heterocycles. The molecule has 0 bridgehead atoms. The summed E-state index contributed by atoms with van der Waals surface area (Å²) >= 11 is 0. The Morgan fingerprint density at radius 2 is 2.00 bits per heavy atom. The average Bonchev–Trinajstić information content (AvgIpc) is 2.93. The van der Waals surface area contributed by atoms with Crippen LogP contribution in [0.5, 0.6) is 5.75 Å². The first kappa shape index (κ1) is 19.0. The molecule has 26 heavy (non-hydrogen) atoms. The molecule has 0 aliphatic carbocycles. The van der Waals surface area contributed by atoms with Gasteiger partial charge in [-0.05, 0) is 38.4 Å². The number of methoxy groups -OCH3 is 1. The zero-order valence-corrected chi connectivity index (χ0v) is 15.8. The molecule has 2 fully saturated rings. The lowest BCUT2D eigenvalue weighted by atomic mass is 10.1. The maximum absolute atomic E-state index is 12.7. The van der Waals surface area contributed by atoms with Crippen LogP contribution >= 0.6 is 0 Å². The number of urea groups is 1. The van der Waals surface area contributed by atoms with E-state index in [4.69, 9.17) is 9.47 Å². The molecule has 6 nitrogen and oxygen atoms in total.